The zero-order valence-corrected chi connectivity index (χ0v) is 17.0. The number of pyridine rings is 3. The molecule has 0 aliphatic rings. The highest BCUT2D eigenvalue weighted by Gasteiger charge is 2.23. The Morgan fingerprint density at radius 1 is 0.848 bits per heavy atom. The fourth-order valence-corrected chi connectivity index (χ4v) is 3.49. The number of anilines is 1. The van der Waals surface area contributed by atoms with E-state index >= 15 is 0 Å². The van der Waals surface area contributed by atoms with E-state index in [1.165, 1.54) is 24.3 Å². The Morgan fingerprint density at radius 2 is 1.61 bits per heavy atom. The van der Waals surface area contributed by atoms with E-state index in [2.05, 4.69) is 9.97 Å². The van der Waals surface area contributed by atoms with Crippen LogP contribution in [0.25, 0.3) is 39.6 Å². The van der Waals surface area contributed by atoms with Crippen LogP contribution in [0.1, 0.15) is 5.56 Å². The van der Waals surface area contributed by atoms with Gasteiger partial charge in [-0.2, -0.15) is 0 Å². The van der Waals surface area contributed by atoms with Gasteiger partial charge in [0.05, 0.1) is 23.1 Å². The minimum Gasteiger partial charge on any atom is -0.383 e. The smallest absolute Gasteiger partial charge is 0.304 e. The van der Waals surface area contributed by atoms with E-state index in [1.807, 2.05) is 0 Å². The Kier molecular flexibility index (Phi) is 4.82. The Hall–Kier alpha value is -4.25. The summed E-state index contributed by atoms with van der Waals surface area (Å²) >= 11 is 0. The van der Waals surface area contributed by atoms with E-state index in [0.29, 0.717) is 39.6 Å². The lowest BCUT2D eigenvalue weighted by Gasteiger charge is -2.15. The SMILES string of the molecule is Nc1ncccc1-c1nc2ccc(-c3ccc(F)cn3)nc2n1-c1ccc(C(O)(O)O)cc1. The van der Waals surface area contributed by atoms with E-state index in [9.17, 15) is 19.7 Å². The van der Waals surface area contributed by atoms with Crippen LogP contribution in [0.5, 0.6) is 0 Å². The average molecular weight is 444 g/mol. The summed E-state index contributed by atoms with van der Waals surface area (Å²) in [5.41, 5.74) is 9.15. The van der Waals surface area contributed by atoms with Crippen molar-refractivity contribution in [3.05, 3.63) is 84.4 Å². The van der Waals surface area contributed by atoms with Crippen LogP contribution in [0.2, 0.25) is 0 Å². The summed E-state index contributed by atoms with van der Waals surface area (Å²) in [6.07, 6.45) is 2.68. The lowest BCUT2D eigenvalue weighted by Crippen LogP contribution is -2.23. The molecule has 0 saturated heterocycles. The van der Waals surface area contributed by atoms with E-state index < -0.39 is 11.8 Å². The molecule has 0 aliphatic carbocycles. The number of rotatable bonds is 4. The number of aromatic nitrogens is 5. The van der Waals surface area contributed by atoms with Gasteiger partial charge in [0.25, 0.3) is 0 Å². The molecule has 5 aromatic rings. The van der Waals surface area contributed by atoms with Gasteiger partial charge in [-0.05, 0) is 60.7 Å². The van der Waals surface area contributed by atoms with Crippen molar-refractivity contribution >= 4 is 17.0 Å². The summed E-state index contributed by atoms with van der Waals surface area (Å²) in [5.74, 6) is -2.69. The largest absolute Gasteiger partial charge is 0.383 e. The number of benzene rings is 1. The zero-order chi connectivity index (χ0) is 23.2. The molecule has 33 heavy (non-hydrogen) atoms. The summed E-state index contributed by atoms with van der Waals surface area (Å²) in [6.45, 7) is 0. The first-order valence-electron chi connectivity index (χ1n) is 9.81. The standard InChI is InChI=1S/C23H17FN6O3/c24-14-5-8-17(27-12-14)18-9-10-19-22(28-18)30(15-6-3-13(4-7-15)23(31,32)33)21(29-19)16-2-1-11-26-20(16)25/h1-12,31-33H,(H2,25,26). The van der Waals surface area contributed by atoms with Crippen LogP contribution in [0, 0.1) is 5.82 Å². The highest BCUT2D eigenvalue weighted by molar-refractivity contribution is 5.84. The van der Waals surface area contributed by atoms with E-state index in [-0.39, 0.29) is 11.4 Å². The molecule has 9 nitrogen and oxygen atoms in total. The van der Waals surface area contributed by atoms with Crippen LogP contribution in [0.15, 0.2) is 73.1 Å². The van der Waals surface area contributed by atoms with Gasteiger partial charge in [-0.1, -0.05) is 0 Å². The van der Waals surface area contributed by atoms with E-state index in [0.717, 1.165) is 6.20 Å². The molecule has 0 radical (unpaired) electrons. The van der Waals surface area contributed by atoms with Crippen LogP contribution < -0.4 is 5.73 Å². The number of fused-ring (bicyclic) bond motifs is 1. The molecule has 164 valence electrons. The molecule has 1 aromatic carbocycles. The molecule has 0 bridgehead atoms. The Balaban J connectivity index is 1.76. The molecule has 0 saturated carbocycles. The number of hydrogen-bond acceptors (Lipinski definition) is 8. The first-order chi connectivity index (χ1) is 15.8. The van der Waals surface area contributed by atoms with Gasteiger partial charge in [-0.15, -0.1) is 0 Å². The molecule has 5 rings (SSSR count). The van der Waals surface area contributed by atoms with E-state index in [4.69, 9.17) is 15.7 Å². The molecule has 4 heterocycles. The molecule has 0 unspecified atom stereocenters. The summed E-state index contributed by atoms with van der Waals surface area (Å²) < 4.78 is 15.0. The summed E-state index contributed by atoms with van der Waals surface area (Å²) in [7, 11) is 0. The van der Waals surface area contributed by atoms with Gasteiger partial charge in [0.1, 0.15) is 17.2 Å². The quantitative estimate of drug-likeness (QED) is 0.309. The second-order valence-corrected chi connectivity index (χ2v) is 7.29. The maximum absolute atomic E-state index is 13.3. The number of nitrogens with zero attached hydrogens (tertiary/aromatic N) is 5. The van der Waals surface area contributed by atoms with Crippen LogP contribution in [0.3, 0.4) is 0 Å². The van der Waals surface area contributed by atoms with Crippen LogP contribution in [0.4, 0.5) is 10.2 Å². The molecule has 10 heteroatoms. The van der Waals surface area contributed by atoms with Gasteiger partial charge in [-0.25, -0.2) is 19.3 Å². The molecule has 0 amide bonds. The van der Waals surface area contributed by atoms with Gasteiger partial charge in [0.2, 0.25) is 0 Å². The normalized spacial score (nSPS) is 11.8. The molecular weight excluding hydrogens is 427 g/mol. The van der Waals surface area contributed by atoms with Gasteiger partial charge >= 0.3 is 5.97 Å². The number of hydrogen-bond donors (Lipinski definition) is 4. The van der Waals surface area contributed by atoms with Gasteiger partial charge < -0.3 is 21.1 Å². The highest BCUT2D eigenvalue weighted by Crippen LogP contribution is 2.32. The van der Waals surface area contributed by atoms with Crippen LogP contribution >= 0.6 is 0 Å². The monoisotopic (exact) mass is 444 g/mol. The number of halogens is 1. The predicted octanol–water partition coefficient (Wildman–Crippen LogP) is 2.35. The average Bonchev–Trinajstić information content (AvgIpc) is 3.18. The van der Waals surface area contributed by atoms with Gasteiger partial charge in [0.15, 0.2) is 11.5 Å². The molecule has 0 aliphatic heterocycles. The second kappa shape index (κ2) is 7.71. The fraction of sp³-hybridized carbons (Fsp3) is 0.0435. The minimum atomic E-state index is -2.97. The van der Waals surface area contributed by atoms with Crippen molar-refractivity contribution in [2.45, 2.75) is 5.97 Å². The van der Waals surface area contributed by atoms with Crippen LogP contribution in [-0.4, -0.2) is 39.8 Å². The van der Waals surface area contributed by atoms with Gasteiger partial charge in [0, 0.05) is 17.4 Å². The topological polar surface area (TPSA) is 143 Å². The highest BCUT2D eigenvalue weighted by atomic mass is 19.1. The summed E-state index contributed by atoms with van der Waals surface area (Å²) in [6, 6.07) is 15.7. The number of nitrogens with two attached hydrogens (primary N) is 1. The van der Waals surface area contributed by atoms with Crippen molar-refractivity contribution < 1.29 is 19.7 Å². The van der Waals surface area contributed by atoms with Crippen molar-refractivity contribution in [3.63, 3.8) is 0 Å². The minimum absolute atomic E-state index is 0.109. The zero-order valence-electron chi connectivity index (χ0n) is 17.0. The third-order valence-corrected chi connectivity index (χ3v) is 5.09. The Morgan fingerprint density at radius 3 is 2.27 bits per heavy atom. The summed E-state index contributed by atoms with van der Waals surface area (Å²) in [4.78, 5) is 17.6. The molecule has 5 N–H and O–H groups in total. The molecular formula is C23H17FN6O3. The first-order valence-corrected chi connectivity index (χ1v) is 9.81. The second-order valence-electron chi connectivity index (χ2n) is 7.29. The Bertz CT molecular complexity index is 1460. The maximum Gasteiger partial charge on any atom is 0.304 e. The molecule has 0 fully saturated rings. The van der Waals surface area contributed by atoms with Crippen molar-refractivity contribution in [3.8, 4) is 28.5 Å². The van der Waals surface area contributed by atoms with Crippen molar-refractivity contribution in [2.24, 2.45) is 0 Å². The van der Waals surface area contributed by atoms with Crippen LogP contribution in [-0.2, 0) is 5.97 Å². The maximum atomic E-state index is 13.3. The molecule has 0 atom stereocenters. The van der Waals surface area contributed by atoms with Crippen molar-refractivity contribution in [1.29, 1.82) is 0 Å². The Labute approximate surface area is 186 Å². The number of imidazole rings is 1. The summed E-state index contributed by atoms with van der Waals surface area (Å²) in [5, 5.41) is 28.4. The lowest BCUT2D eigenvalue weighted by atomic mass is 10.1. The molecule has 0 spiro atoms. The number of aliphatic hydroxyl groups is 3. The first kappa shape index (κ1) is 20.6. The molecule has 4 aromatic heterocycles. The predicted molar refractivity (Wildman–Crippen MR) is 118 cm³/mol. The lowest BCUT2D eigenvalue weighted by molar-refractivity contribution is -0.323. The number of nitrogen functional groups attached to an aromatic ring is 1. The van der Waals surface area contributed by atoms with Gasteiger partial charge in [-0.3, -0.25) is 9.55 Å². The van der Waals surface area contributed by atoms with Crippen molar-refractivity contribution in [2.75, 3.05) is 5.73 Å². The third kappa shape index (κ3) is 3.78. The van der Waals surface area contributed by atoms with Crippen molar-refractivity contribution in [1.82, 2.24) is 24.5 Å². The third-order valence-electron chi connectivity index (χ3n) is 5.09. The fourth-order valence-electron chi connectivity index (χ4n) is 3.49. The van der Waals surface area contributed by atoms with E-state index in [1.54, 1.807) is 47.2 Å².